The van der Waals surface area contributed by atoms with Gasteiger partial charge in [0.05, 0.1) is 6.61 Å². The van der Waals surface area contributed by atoms with E-state index in [-0.39, 0.29) is 12.4 Å². The van der Waals surface area contributed by atoms with Gasteiger partial charge in [-0.3, -0.25) is 9.89 Å². The molecule has 25 heavy (non-hydrogen) atoms. The fourth-order valence-corrected chi connectivity index (χ4v) is 3.65. The molecule has 2 fully saturated rings. The maximum absolute atomic E-state index is 13.7. The summed E-state index contributed by atoms with van der Waals surface area (Å²) in [6.45, 7) is 4.28. The lowest BCUT2D eigenvalue weighted by Crippen LogP contribution is -2.44. The Hall–Kier alpha value is -1.66. The van der Waals surface area contributed by atoms with Crippen LogP contribution in [0.3, 0.4) is 0 Å². The first-order valence-corrected chi connectivity index (χ1v) is 9.10. The van der Waals surface area contributed by atoms with Gasteiger partial charge < -0.3 is 15.4 Å². The zero-order valence-electron chi connectivity index (χ0n) is 15.4. The van der Waals surface area contributed by atoms with Crippen molar-refractivity contribution in [2.24, 2.45) is 4.99 Å². The smallest absolute Gasteiger partial charge is 0.191 e. The lowest BCUT2D eigenvalue weighted by atomic mass is 10.1. The van der Waals surface area contributed by atoms with E-state index < -0.39 is 0 Å². The van der Waals surface area contributed by atoms with Crippen molar-refractivity contribution >= 4 is 5.96 Å². The average Bonchev–Trinajstić information content (AvgIpc) is 3.37. The molecule has 2 aliphatic rings. The molecule has 0 amide bonds. The number of hydrogen-bond donors (Lipinski definition) is 2. The van der Waals surface area contributed by atoms with Gasteiger partial charge in [-0.1, -0.05) is 6.07 Å². The molecule has 0 spiro atoms. The van der Waals surface area contributed by atoms with Gasteiger partial charge in [-0.05, 0) is 43.9 Å². The summed E-state index contributed by atoms with van der Waals surface area (Å²) in [4.78, 5) is 6.94. The summed E-state index contributed by atoms with van der Waals surface area (Å²) in [5, 5.41) is 6.86. The second-order valence-electron chi connectivity index (χ2n) is 7.14. The van der Waals surface area contributed by atoms with Crippen LogP contribution < -0.4 is 10.6 Å². The first-order chi connectivity index (χ1) is 12.1. The second kappa shape index (κ2) is 8.15. The molecule has 2 atom stereocenters. The van der Waals surface area contributed by atoms with Gasteiger partial charge in [-0.25, -0.2) is 4.39 Å². The predicted octanol–water partition coefficient (Wildman–Crippen LogP) is 2.26. The molecule has 1 heterocycles. The van der Waals surface area contributed by atoms with E-state index in [1.165, 1.54) is 18.9 Å². The van der Waals surface area contributed by atoms with Gasteiger partial charge in [0.15, 0.2) is 5.96 Å². The summed E-state index contributed by atoms with van der Waals surface area (Å²) in [6.07, 6.45) is 3.84. The van der Waals surface area contributed by atoms with Gasteiger partial charge in [-0.15, -0.1) is 0 Å². The minimum absolute atomic E-state index is 0.229. The zero-order valence-corrected chi connectivity index (χ0v) is 15.4. The summed E-state index contributed by atoms with van der Waals surface area (Å²) in [7, 11) is 3.36. The van der Waals surface area contributed by atoms with Crippen molar-refractivity contribution in [3.05, 3.63) is 35.1 Å². The van der Waals surface area contributed by atoms with Crippen molar-refractivity contribution in [2.45, 2.75) is 57.5 Å². The van der Waals surface area contributed by atoms with E-state index in [0.29, 0.717) is 24.2 Å². The molecule has 6 heteroatoms. The molecule has 1 aromatic carbocycles. The molecule has 1 saturated heterocycles. The average molecular weight is 348 g/mol. The first kappa shape index (κ1) is 18.1. The lowest BCUT2D eigenvalue weighted by molar-refractivity contribution is 0.181. The highest BCUT2D eigenvalue weighted by Crippen LogP contribution is 2.33. The zero-order chi connectivity index (χ0) is 17.8. The van der Waals surface area contributed by atoms with Gasteiger partial charge in [0.2, 0.25) is 0 Å². The van der Waals surface area contributed by atoms with Crippen LogP contribution in [0.4, 0.5) is 4.39 Å². The number of ether oxygens (including phenoxy) is 1. The number of aliphatic imine (C=N–C) groups is 1. The van der Waals surface area contributed by atoms with E-state index in [1.54, 1.807) is 20.2 Å². The van der Waals surface area contributed by atoms with E-state index >= 15 is 0 Å². The Morgan fingerprint density at radius 1 is 1.40 bits per heavy atom. The largest absolute Gasteiger partial charge is 0.380 e. The Kier molecular flexibility index (Phi) is 5.91. The molecule has 1 saturated carbocycles. The summed E-state index contributed by atoms with van der Waals surface area (Å²) >= 11 is 0. The molecule has 2 unspecified atom stereocenters. The summed E-state index contributed by atoms with van der Waals surface area (Å²) in [6, 6.07) is 6.99. The van der Waals surface area contributed by atoms with Crippen LogP contribution in [-0.2, 0) is 17.9 Å². The van der Waals surface area contributed by atoms with Gasteiger partial charge in [0.25, 0.3) is 0 Å². The van der Waals surface area contributed by atoms with E-state index in [1.807, 2.05) is 6.07 Å². The number of hydrogen-bond acceptors (Lipinski definition) is 3. The van der Waals surface area contributed by atoms with Crippen molar-refractivity contribution < 1.29 is 9.13 Å². The molecule has 1 aliphatic heterocycles. The van der Waals surface area contributed by atoms with Crippen LogP contribution in [-0.4, -0.2) is 49.7 Å². The third kappa shape index (κ3) is 4.70. The number of nitrogens with one attached hydrogen (secondary N) is 2. The predicted molar refractivity (Wildman–Crippen MR) is 98.0 cm³/mol. The van der Waals surface area contributed by atoms with E-state index in [0.717, 1.165) is 30.5 Å². The Labute approximate surface area is 149 Å². The highest BCUT2D eigenvalue weighted by molar-refractivity contribution is 5.80. The van der Waals surface area contributed by atoms with Crippen molar-refractivity contribution in [2.75, 3.05) is 20.7 Å². The number of rotatable bonds is 6. The quantitative estimate of drug-likeness (QED) is 0.612. The number of likely N-dealkylation sites (tertiary alicyclic amines) is 1. The number of methoxy groups -OCH3 is 1. The second-order valence-corrected chi connectivity index (χ2v) is 7.14. The molecule has 0 aromatic heterocycles. The van der Waals surface area contributed by atoms with Gasteiger partial charge in [-0.2, -0.15) is 0 Å². The molecule has 1 aliphatic carbocycles. The maximum Gasteiger partial charge on any atom is 0.191 e. The lowest BCUT2D eigenvalue weighted by Gasteiger charge is -2.20. The number of nitrogens with zero attached hydrogens (tertiary/aromatic N) is 2. The molecule has 138 valence electrons. The Balaban J connectivity index is 1.52. The van der Waals surface area contributed by atoms with E-state index in [9.17, 15) is 4.39 Å². The van der Waals surface area contributed by atoms with Crippen molar-refractivity contribution in [1.82, 2.24) is 15.5 Å². The summed E-state index contributed by atoms with van der Waals surface area (Å²) < 4.78 is 18.7. The molecule has 0 bridgehead atoms. The number of guanidine groups is 1. The monoisotopic (exact) mass is 348 g/mol. The summed E-state index contributed by atoms with van der Waals surface area (Å²) in [5.41, 5.74) is 1.59. The van der Waals surface area contributed by atoms with Crippen LogP contribution in [0.2, 0.25) is 0 Å². The topological polar surface area (TPSA) is 48.9 Å². The van der Waals surface area contributed by atoms with Crippen LogP contribution in [0.5, 0.6) is 0 Å². The van der Waals surface area contributed by atoms with Crippen molar-refractivity contribution in [1.29, 1.82) is 0 Å². The van der Waals surface area contributed by atoms with Crippen LogP contribution in [0.1, 0.15) is 37.3 Å². The molecule has 3 rings (SSSR count). The van der Waals surface area contributed by atoms with E-state index in [2.05, 4.69) is 27.4 Å². The van der Waals surface area contributed by atoms with Crippen LogP contribution >= 0.6 is 0 Å². The van der Waals surface area contributed by atoms with Crippen LogP contribution in [0.25, 0.3) is 0 Å². The Morgan fingerprint density at radius 2 is 2.20 bits per heavy atom. The molecule has 1 aromatic rings. The minimum Gasteiger partial charge on any atom is -0.380 e. The molecular formula is C19H29FN4O. The highest BCUT2D eigenvalue weighted by atomic mass is 19.1. The fraction of sp³-hybridized carbons (Fsp3) is 0.632. The first-order valence-electron chi connectivity index (χ1n) is 9.10. The van der Waals surface area contributed by atoms with Crippen molar-refractivity contribution in [3.63, 3.8) is 0 Å². The SMILES string of the molecule is CN=C(NCc1ccc(F)c(COC)c1)NC1CC(C)N(C2CC2)C1. The summed E-state index contributed by atoms with van der Waals surface area (Å²) in [5.74, 6) is 0.570. The molecule has 0 radical (unpaired) electrons. The molecule has 2 N–H and O–H groups in total. The third-order valence-electron chi connectivity index (χ3n) is 5.07. The fourth-order valence-electron chi connectivity index (χ4n) is 3.65. The molecular weight excluding hydrogens is 319 g/mol. The highest BCUT2D eigenvalue weighted by Gasteiger charge is 2.38. The number of benzene rings is 1. The molecule has 5 nitrogen and oxygen atoms in total. The maximum atomic E-state index is 13.7. The standard InChI is InChI=1S/C19H29FN4O/c1-13-8-16(11-24(13)17-5-6-17)23-19(21-2)22-10-14-4-7-18(20)15(9-14)12-25-3/h4,7,9,13,16-17H,5-6,8,10-12H2,1-3H3,(H2,21,22,23). The normalized spacial score (nSPS) is 24.6. The van der Waals surface area contributed by atoms with Crippen LogP contribution in [0, 0.1) is 5.82 Å². The van der Waals surface area contributed by atoms with Gasteiger partial charge in [0.1, 0.15) is 5.82 Å². The Morgan fingerprint density at radius 3 is 2.88 bits per heavy atom. The Bertz CT molecular complexity index is 617. The van der Waals surface area contributed by atoms with Crippen LogP contribution in [0.15, 0.2) is 23.2 Å². The third-order valence-corrected chi connectivity index (χ3v) is 5.07. The minimum atomic E-state index is -0.229. The number of halogens is 1. The van der Waals surface area contributed by atoms with Gasteiger partial charge >= 0.3 is 0 Å². The van der Waals surface area contributed by atoms with E-state index in [4.69, 9.17) is 4.74 Å². The van der Waals surface area contributed by atoms with Gasteiger partial charge in [0, 0.05) is 50.9 Å². The van der Waals surface area contributed by atoms with Crippen molar-refractivity contribution in [3.8, 4) is 0 Å².